The van der Waals surface area contributed by atoms with Crippen LogP contribution >= 0.6 is 0 Å². The van der Waals surface area contributed by atoms with Gasteiger partial charge in [0.2, 0.25) is 5.91 Å². The Hall–Kier alpha value is -3.69. The summed E-state index contributed by atoms with van der Waals surface area (Å²) in [4.78, 5) is 43.9. The highest BCUT2D eigenvalue weighted by atomic mass is 16.3. The summed E-state index contributed by atoms with van der Waals surface area (Å²) < 4.78 is 0. The normalized spacial score (nSPS) is 21.6. The van der Waals surface area contributed by atoms with E-state index in [1.807, 2.05) is 45.0 Å². The highest BCUT2D eigenvalue weighted by molar-refractivity contribution is 5.99. The number of nitrogens with zero attached hydrogens (tertiary/aromatic N) is 2. The fourth-order valence-corrected chi connectivity index (χ4v) is 6.76. The van der Waals surface area contributed by atoms with Crippen LogP contribution in [0.1, 0.15) is 79.2 Å². The zero-order valence-electron chi connectivity index (χ0n) is 27.8. The summed E-state index contributed by atoms with van der Waals surface area (Å²) in [5.74, 6) is -0.768. The van der Waals surface area contributed by atoms with E-state index in [2.05, 4.69) is 52.8 Å². The number of rotatable bonds is 12. The number of hydrogen-bond donors (Lipinski definition) is 4. The molecule has 1 saturated carbocycles. The Morgan fingerprint density at radius 3 is 2.22 bits per heavy atom. The van der Waals surface area contributed by atoms with Crippen molar-refractivity contribution in [1.29, 1.82) is 0 Å². The molecule has 0 spiro atoms. The molecule has 1 heterocycles. The number of anilines is 1. The van der Waals surface area contributed by atoms with Gasteiger partial charge in [-0.25, -0.2) is 0 Å². The molecular formula is C36H51N5O4. The van der Waals surface area contributed by atoms with Crippen LogP contribution in [0.3, 0.4) is 0 Å². The molecule has 0 aromatic heterocycles. The molecule has 1 fully saturated rings. The molecule has 45 heavy (non-hydrogen) atoms. The van der Waals surface area contributed by atoms with Crippen LogP contribution in [0.25, 0.3) is 11.1 Å². The van der Waals surface area contributed by atoms with Crippen LogP contribution in [-0.4, -0.2) is 80.1 Å². The predicted octanol–water partition coefficient (Wildman–Crippen LogP) is 4.49. The first kappa shape index (κ1) is 34.2. The van der Waals surface area contributed by atoms with Gasteiger partial charge in [-0.15, -0.1) is 0 Å². The number of carbonyl (C=O) groups excluding carboxylic acids is 3. The summed E-state index contributed by atoms with van der Waals surface area (Å²) in [6, 6.07) is 12.5. The summed E-state index contributed by atoms with van der Waals surface area (Å²) in [5.41, 5.74) is 5.74. The van der Waals surface area contributed by atoms with Gasteiger partial charge in [0.1, 0.15) is 0 Å². The van der Waals surface area contributed by atoms with E-state index in [9.17, 15) is 14.4 Å². The van der Waals surface area contributed by atoms with Gasteiger partial charge in [0.25, 0.3) is 11.8 Å². The molecule has 1 aliphatic carbocycles. The fourth-order valence-electron chi connectivity index (χ4n) is 6.76. The maximum atomic E-state index is 13.8. The Kier molecular flexibility index (Phi) is 11.8. The van der Waals surface area contributed by atoms with Crippen molar-refractivity contribution in [2.45, 2.75) is 71.9 Å². The topological polar surface area (TPSA) is 114 Å². The monoisotopic (exact) mass is 617 g/mol. The van der Waals surface area contributed by atoms with E-state index in [4.69, 9.17) is 5.11 Å². The van der Waals surface area contributed by atoms with Crippen molar-refractivity contribution in [3.8, 4) is 11.1 Å². The van der Waals surface area contributed by atoms with Crippen molar-refractivity contribution in [2.24, 2.45) is 11.8 Å². The molecule has 0 radical (unpaired) electrons. The highest BCUT2D eigenvalue weighted by Crippen LogP contribution is 2.36. The summed E-state index contributed by atoms with van der Waals surface area (Å²) in [6.45, 7) is 9.59. The zero-order chi connectivity index (χ0) is 32.7. The van der Waals surface area contributed by atoms with E-state index in [1.165, 1.54) is 0 Å². The van der Waals surface area contributed by atoms with Crippen molar-refractivity contribution < 1.29 is 19.5 Å². The molecule has 2 aliphatic rings. The number of hydrogen-bond acceptors (Lipinski definition) is 6. The zero-order valence-corrected chi connectivity index (χ0v) is 27.8. The van der Waals surface area contributed by atoms with E-state index in [0.717, 1.165) is 60.3 Å². The minimum Gasteiger partial charge on any atom is -0.396 e. The van der Waals surface area contributed by atoms with Gasteiger partial charge in [-0.3, -0.25) is 14.4 Å². The largest absolute Gasteiger partial charge is 0.396 e. The van der Waals surface area contributed by atoms with Gasteiger partial charge >= 0.3 is 0 Å². The highest BCUT2D eigenvalue weighted by Gasteiger charge is 2.30. The summed E-state index contributed by atoms with van der Waals surface area (Å²) in [5, 5.41) is 17.8. The molecule has 244 valence electrons. The molecule has 3 amide bonds. The molecule has 1 aliphatic heterocycles. The van der Waals surface area contributed by atoms with E-state index >= 15 is 0 Å². The summed E-state index contributed by atoms with van der Waals surface area (Å²) >= 11 is 0. The first-order chi connectivity index (χ1) is 21.5. The Morgan fingerprint density at radius 2 is 1.62 bits per heavy atom. The van der Waals surface area contributed by atoms with Crippen molar-refractivity contribution in [3.63, 3.8) is 0 Å². The van der Waals surface area contributed by atoms with Gasteiger partial charge in [-0.2, -0.15) is 0 Å². The maximum absolute atomic E-state index is 13.8. The standard InChI is InChI=1S/C36H51N5O4/c1-7-41(30-15-13-29(14-16-30)40(5)6)33-21-28(26-9-11-27(12-10-26)34(43)37-17-8-18-42)20-31(25(33)4)35(44)38-22-32-23(2)19-24(3)39-36(32)45/h9-12,19-21,23,29-30,32,42H,7-8,13-18,22H2,1-6H3,(H,37,43)(H,38,44)(H,39,45)/t23?,29-,30-,32?. The molecule has 2 aromatic rings. The quantitative estimate of drug-likeness (QED) is 0.261. The van der Waals surface area contributed by atoms with Gasteiger partial charge in [0, 0.05) is 60.8 Å². The van der Waals surface area contributed by atoms with Crippen molar-refractivity contribution in [1.82, 2.24) is 20.9 Å². The van der Waals surface area contributed by atoms with Gasteiger partial charge in [-0.1, -0.05) is 25.1 Å². The fraction of sp³-hybridized carbons (Fsp3) is 0.528. The summed E-state index contributed by atoms with van der Waals surface area (Å²) in [6.07, 6.45) is 6.98. The van der Waals surface area contributed by atoms with Gasteiger partial charge in [-0.05, 0) is 114 Å². The number of aliphatic hydroxyl groups is 1. The molecule has 2 atom stereocenters. The molecule has 0 bridgehead atoms. The van der Waals surface area contributed by atoms with Crippen LogP contribution in [0.2, 0.25) is 0 Å². The Morgan fingerprint density at radius 1 is 0.956 bits per heavy atom. The molecular weight excluding hydrogens is 566 g/mol. The maximum Gasteiger partial charge on any atom is 0.251 e. The Balaban J connectivity index is 1.65. The van der Waals surface area contributed by atoms with Crippen molar-refractivity contribution in [2.75, 3.05) is 45.2 Å². The second-order valence-electron chi connectivity index (χ2n) is 12.8. The molecule has 2 aromatic carbocycles. The lowest BCUT2D eigenvalue weighted by Gasteiger charge is -2.40. The summed E-state index contributed by atoms with van der Waals surface area (Å²) in [7, 11) is 4.31. The second-order valence-corrected chi connectivity index (χ2v) is 12.8. The minimum atomic E-state index is -0.337. The number of amides is 3. The van der Waals surface area contributed by atoms with Crippen LogP contribution in [0.4, 0.5) is 5.69 Å². The number of allylic oxidation sites excluding steroid dienone is 2. The first-order valence-corrected chi connectivity index (χ1v) is 16.4. The average molecular weight is 618 g/mol. The third-order valence-electron chi connectivity index (χ3n) is 9.50. The van der Waals surface area contributed by atoms with Crippen LogP contribution in [0, 0.1) is 18.8 Å². The third kappa shape index (κ3) is 8.32. The second kappa shape index (κ2) is 15.5. The van der Waals surface area contributed by atoms with E-state index < -0.39 is 0 Å². The Labute approximate surface area is 268 Å². The molecule has 4 rings (SSSR count). The van der Waals surface area contributed by atoms with Gasteiger partial charge in [0.05, 0.1) is 5.92 Å². The SMILES string of the molecule is CCN(c1cc(-c2ccc(C(=O)NCCCO)cc2)cc(C(=O)NCC2C(=O)NC(C)=CC2C)c1C)[C@H]1CC[C@H](N(C)C)CC1. The van der Waals surface area contributed by atoms with Crippen LogP contribution < -0.4 is 20.9 Å². The van der Waals surface area contributed by atoms with Crippen LogP contribution in [0.15, 0.2) is 48.2 Å². The van der Waals surface area contributed by atoms with Crippen LogP contribution in [0.5, 0.6) is 0 Å². The number of nitrogens with one attached hydrogen (secondary N) is 3. The van der Waals surface area contributed by atoms with Crippen molar-refractivity contribution >= 4 is 23.4 Å². The number of benzene rings is 2. The van der Waals surface area contributed by atoms with Gasteiger partial charge < -0.3 is 30.9 Å². The molecule has 9 nitrogen and oxygen atoms in total. The molecule has 4 N–H and O–H groups in total. The molecule has 0 saturated heterocycles. The minimum absolute atomic E-state index is 0.0225. The van der Waals surface area contributed by atoms with E-state index in [0.29, 0.717) is 36.2 Å². The number of aliphatic hydroxyl groups excluding tert-OH is 1. The predicted molar refractivity (Wildman–Crippen MR) is 180 cm³/mol. The smallest absolute Gasteiger partial charge is 0.251 e. The Bertz CT molecular complexity index is 1380. The first-order valence-electron chi connectivity index (χ1n) is 16.4. The van der Waals surface area contributed by atoms with Crippen LogP contribution in [-0.2, 0) is 4.79 Å². The van der Waals surface area contributed by atoms with Gasteiger partial charge in [0.15, 0.2) is 0 Å². The lowest BCUT2D eigenvalue weighted by Crippen LogP contribution is -2.44. The van der Waals surface area contributed by atoms with Crippen molar-refractivity contribution in [3.05, 3.63) is 64.9 Å². The number of carbonyl (C=O) groups is 3. The average Bonchev–Trinajstić information content (AvgIpc) is 3.02. The van der Waals surface area contributed by atoms with E-state index in [1.54, 1.807) is 12.1 Å². The molecule has 2 unspecified atom stereocenters. The third-order valence-corrected chi connectivity index (χ3v) is 9.50. The lowest BCUT2D eigenvalue weighted by molar-refractivity contribution is -0.125. The lowest BCUT2D eigenvalue weighted by atomic mass is 9.88. The molecule has 9 heteroatoms. The van der Waals surface area contributed by atoms with E-state index in [-0.39, 0.29) is 42.7 Å².